The van der Waals surface area contributed by atoms with Gasteiger partial charge < -0.3 is 9.47 Å². The molecule has 0 unspecified atom stereocenters. The van der Waals surface area contributed by atoms with Crippen molar-refractivity contribution in [2.24, 2.45) is 0 Å². The smallest absolute Gasteiger partial charge is 0.305 e. The van der Waals surface area contributed by atoms with Crippen LogP contribution in [0.4, 0.5) is 0 Å². The number of esters is 1. The van der Waals surface area contributed by atoms with Gasteiger partial charge in [0.1, 0.15) is 5.75 Å². The number of rotatable bonds is 6. The molecule has 0 saturated heterocycles. The standard InChI is InChI=1S/C15H22O3/c1-11(2)13-8-7-12(3)10-14(13)18-9-5-6-15(16)17-4/h7-8,10-11H,5-6,9H2,1-4H3. The zero-order chi connectivity index (χ0) is 13.5. The molecule has 0 aliphatic carbocycles. The Morgan fingerprint density at radius 1 is 1.33 bits per heavy atom. The lowest BCUT2D eigenvalue weighted by atomic mass is 10.0. The molecule has 3 nitrogen and oxygen atoms in total. The van der Waals surface area contributed by atoms with Gasteiger partial charge in [0.2, 0.25) is 0 Å². The van der Waals surface area contributed by atoms with E-state index in [0.29, 0.717) is 25.4 Å². The van der Waals surface area contributed by atoms with Gasteiger partial charge in [-0.05, 0) is 36.5 Å². The zero-order valence-corrected chi connectivity index (χ0v) is 11.7. The quantitative estimate of drug-likeness (QED) is 0.573. The Labute approximate surface area is 109 Å². The van der Waals surface area contributed by atoms with Crippen LogP contribution in [0, 0.1) is 6.92 Å². The van der Waals surface area contributed by atoms with E-state index in [9.17, 15) is 4.79 Å². The van der Waals surface area contributed by atoms with Crippen LogP contribution in [0.2, 0.25) is 0 Å². The Morgan fingerprint density at radius 2 is 2.06 bits per heavy atom. The van der Waals surface area contributed by atoms with Crippen LogP contribution < -0.4 is 4.74 Å². The van der Waals surface area contributed by atoms with E-state index in [4.69, 9.17) is 4.74 Å². The first-order valence-corrected chi connectivity index (χ1v) is 6.34. The van der Waals surface area contributed by atoms with Gasteiger partial charge in [0, 0.05) is 6.42 Å². The highest BCUT2D eigenvalue weighted by molar-refractivity contribution is 5.69. The van der Waals surface area contributed by atoms with Crippen LogP contribution in [0.5, 0.6) is 5.75 Å². The topological polar surface area (TPSA) is 35.5 Å². The average Bonchev–Trinajstić information content (AvgIpc) is 2.34. The summed E-state index contributed by atoms with van der Waals surface area (Å²) in [4.78, 5) is 11.0. The van der Waals surface area contributed by atoms with Crippen molar-refractivity contribution in [3.63, 3.8) is 0 Å². The largest absolute Gasteiger partial charge is 0.493 e. The van der Waals surface area contributed by atoms with E-state index < -0.39 is 0 Å². The van der Waals surface area contributed by atoms with Crippen molar-refractivity contribution in [1.82, 2.24) is 0 Å². The van der Waals surface area contributed by atoms with Gasteiger partial charge in [-0.2, -0.15) is 0 Å². The predicted octanol–water partition coefficient (Wildman–Crippen LogP) is 3.45. The van der Waals surface area contributed by atoms with E-state index in [0.717, 1.165) is 5.75 Å². The number of benzene rings is 1. The molecular weight excluding hydrogens is 228 g/mol. The lowest BCUT2D eigenvalue weighted by Gasteiger charge is -2.14. The molecule has 18 heavy (non-hydrogen) atoms. The number of methoxy groups -OCH3 is 1. The summed E-state index contributed by atoms with van der Waals surface area (Å²) in [6.07, 6.45) is 1.08. The molecule has 1 rings (SSSR count). The normalized spacial score (nSPS) is 10.5. The molecule has 0 amide bonds. The first kappa shape index (κ1) is 14.6. The second kappa shape index (κ2) is 7.04. The Bertz CT molecular complexity index is 397. The lowest BCUT2D eigenvalue weighted by Crippen LogP contribution is -2.06. The maximum atomic E-state index is 11.0. The summed E-state index contributed by atoms with van der Waals surface area (Å²) in [5.41, 5.74) is 2.39. The van der Waals surface area contributed by atoms with Crippen LogP contribution in [0.25, 0.3) is 0 Å². The summed E-state index contributed by atoms with van der Waals surface area (Å²) in [5.74, 6) is 1.17. The number of carbonyl (C=O) groups excluding carboxylic acids is 1. The van der Waals surface area contributed by atoms with Gasteiger partial charge in [-0.15, -0.1) is 0 Å². The summed E-state index contributed by atoms with van der Waals surface area (Å²) >= 11 is 0. The molecule has 0 saturated carbocycles. The molecule has 0 aromatic heterocycles. The second-order valence-electron chi connectivity index (χ2n) is 4.72. The minimum Gasteiger partial charge on any atom is -0.493 e. The fourth-order valence-electron chi connectivity index (χ4n) is 1.74. The first-order chi connectivity index (χ1) is 8.54. The number of carbonyl (C=O) groups is 1. The third kappa shape index (κ3) is 4.40. The van der Waals surface area contributed by atoms with E-state index in [1.54, 1.807) is 0 Å². The van der Waals surface area contributed by atoms with Crippen LogP contribution in [0.1, 0.15) is 43.7 Å². The molecule has 3 heteroatoms. The van der Waals surface area contributed by atoms with Gasteiger partial charge in [0.25, 0.3) is 0 Å². The van der Waals surface area contributed by atoms with Crippen molar-refractivity contribution in [2.45, 2.75) is 39.5 Å². The van der Waals surface area contributed by atoms with Gasteiger partial charge >= 0.3 is 5.97 Å². The number of hydrogen-bond acceptors (Lipinski definition) is 3. The van der Waals surface area contributed by atoms with Gasteiger partial charge in [-0.3, -0.25) is 4.79 Å². The molecule has 100 valence electrons. The molecule has 0 aliphatic rings. The second-order valence-corrected chi connectivity index (χ2v) is 4.72. The molecule has 0 aliphatic heterocycles. The molecule has 1 aromatic carbocycles. The van der Waals surface area contributed by atoms with E-state index >= 15 is 0 Å². The van der Waals surface area contributed by atoms with E-state index in [1.165, 1.54) is 18.2 Å². The minimum atomic E-state index is -0.188. The molecule has 1 aromatic rings. The van der Waals surface area contributed by atoms with Crippen LogP contribution in [-0.4, -0.2) is 19.7 Å². The van der Waals surface area contributed by atoms with Crippen molar-refractivity contribution in [3.8, 4) is 5.75 Å². The zero-order valence-electron chi connectivity index (χ0n) is 11.7. The summed E-state index contributed by atoms with van der Waals surface area (Å²) in [7, 11) is 1.40. The molecule has 0 spiro atoms. The van der Waals surface area contributed by atoms with E-state index in [-0.39, 0.29) is 5.97 Å². The van der Waals surface area contributed by atoms with Gasteiger partial charge in [-0.25, -0.2) is 0 Å². The summed E-state index contributed by atoms with van der Waals surface area (Å²) in [6, 6.07) is 6.25. The molecule has 0 bridgehead atoms. The van der Waals surface area contributed by atoms with Crippen LogP contribution in [0.15, 0.2) is 18.2 Å². The molecule has 0 heterocycles. The maximum absolute atomic E-state index is 11.0. The Hall–Kier alpha value is -1.51. The van der Waals surface area contributed by atoms with E-state index in [2.05, 4.69) is 30.7 Å². The fraction of sp³-hybridized carbons (Fsp3) is 0.533. The highest BCUT2D eigenvalue weighted by atomic mass is 16.5. The third-order valence-corrected chi connectivity index (χ3v) is 2.80. The number of ether oxygens (including phenoxy) is 2. The SMILES string of the molecule is COC(=O)CCCOc1cc(C)ccc1C(C)C. The number of aryl methyl sites for hydroxylation is 1. The Balaban J connectivity index is 2.55. The van der Waals surface area contributed by atoms with Crippen molar-refractivity contribution in [2.75, 3.05) is 13.7 Å². The average molecular weight is 250 g/mol. The van der Waals surface area contributed by atoms with Crippen LogP contribution >= 0.6 is 0 Å². The Morgan fingerprint density at radius 3 is 2.67 bits per heavy atom. The fourth-order valence-corrected chi connectivity index (χ4v) is 1.74. The highest BCUT2D eigenvalue weighted by Gasteiger charge is 2.08. The molecule has 0 N–H and O–H groups in total. The van der Waals surface area contributed by atoms with Gasteiger partial charge in [0.15, 0.2) is 0 Å². The van der Waals surface area contributed by atoms with Crippen molar-refractivity contribution < 1.29 is 14.3 Å². The van der Waals surface area contributed by atoms with Crippen LogP contribution in [0.3, 0.4) is 0 Å². The van der Waals surface area contributed by atoms with E-state index in [1.807, 2.05) is 13.0 Å². The van der Waals surface area contributed by atoms with Crippen LogP contribution in [-0.2, 0) is 9.53 Å². The summed E-state index contributed by atoms with van der Waals surface area (Å²) < 4.78 is 10.4. The van der Waals surface area contributed by atoms with Crippen molar-refractivity contribution >= 4 is 5.97 Å². The monoisotopic (exact) mass is 250 g/mol. The van der Waals surface area contributed by atoms with Crippen molar-refractivity contribution in [3.05, 3.63) is 29.3 Å². The minimum absolute atomic E-state index is 0.188. The molecule has 0 radical (unpaired) electrons. The first-order valence-electron chi connectivity index (χ1n) is 6.34. The van der Waals surface area contributed by atoms with Gasteiger partial charge in [-0.1, -0.05) is 26.0 Å². The summed E-state index contributed by atoms with van der Waals surface area (Å²) in [6.45, 7) is 6.88. The molecule has 0 atom stereocenters. The third-order valence-electron chi connectivity index (χ3n) is 2.80. The number of hydrogen-bond donors (Lipinski definition) is 0. The van der Waals surface area contributed by atoms with Gasteiger partial charge in [0.05, 0.1) is 13.7 Å². The molecular formula is C15H22O3. The lowest BCUT2D eigenvalue weighted by molar-refractivity contribution is -0.140. The Kier molecular flexibility index (Phi) is 5.69. The van der Waals surface area contributed by atoms with Crippen molar-refractivity contribution in [1.29, 1.82) is 0 Å². The molecule has 0 fully saturated rings. The maximum Gasteiger partial charge on any atom is 0.305 e. The highest BCUT2D eigenvalue weighted by Crippen LogP contribution is 2.27. The summed E-state index contributed by atoms with van der Waals surface area (Å²) in [5, 5.41) is 0. The predicted molar refractivity (Wildman–Crippen MR) is 72.0 cm³/mol.